The van der Waals surface area contributed by atoms with E-state index in [-0.39, 0.29) is 6.23 Å². The molecule has 0 spiro atoms. The van der Waals surface area contributed by atoms with Crippen LogP contribution in [0, 0.1) is 0 Å². The fraction of sp³-hybridized carbons (Fsp3) is 0.889. The highest BCUT2D eigenvalue weighted by Gasteiger charge is 2.37. The number of thiocarbonyl (C=S) groups is 1. The zero-order valence-electron chi connectivity index (χ0n) is 9.03. The summed E-state index contributed by atoms with van der Waals surface area (Å²) in [6.07, 6.45) is 5.07. The number of nitrogens with one attached hydrogen (secondary N) is 4. The molecule has 1 aliphatic carbocycles. The molecule has 3 fully saturated rings. The first kappa shape index (κ1) is 10.7. The van der Waals surface area contributed by atoms with Crippen LogP contribution in [0.1, 0.15) is 25.7 Å². The molecule has 3 atom stereocenters. The van der Waals surface area contributed by atoms with E-state index < -0.39 is 0 Å². The first-order valence-electron chi connectivity index (χ1n) is 5.83. The van der Waals surface area contributed by atoms with E-state index in [1.54, 1.807) is 0 Å². The Morgan fingerprint density at radius 3 is 3.00 bits per heavy atom. The molecule has 90 valence electrons. The molecule has 2 saturated heterocycles. The van der Waals surface area contributed by atoms with Crippen LogP contribution in [0.4, 0.5) is 0 Å². The lowest BCUT2D eigenvalue weighted by Crippen LogP contribution is -2.48. The maximum absolute atomic E-state index is 5.40. The number of hydrogen-bond acceptors (Lipinski definition) is 6. The van der Waals surface area contributed by atoms with Gasteiger partial charge in [0.15, 0.2) is 6.23 Å². The molecule has 0 radical (unpaired) electrons. The van der Waals surface area contributed by atoms with Crippen molar-refractivity contribution < 1.29 is 4.74 Å². The summed E-state index contributed by atoms with van der Waals surface area (Å²) in [6, 6.07) is 1.16. The van der Waals surface area contributed by atoms with Crippen LogP contribution < -0.4 is 21.8 Å². The number of nitrogens with zero attached hydrogens (tertiary/aromatic N) is 1. The minimum absolute atomic E-state index is 0.0672. The number of ether oxygens (including phenoxy) is 1. The van der Waals surface area contributed by atoms with Gasteiger partial charge in [-0.1, -0.05) is 12.8 Å². The van der Waals surface area contributed by atoms with Gasteiger partial charge in [0, 0.05) is 12.1 Å². The van der Waals surface area contributed by atoms with E-state index >= 15 is 0 Å². The van der Waals surface area contributed by atoms with Gasteiger partial charge >= 0.3 is 0 Å². The predicted octanol–water partition coefficient (Wildman–Crippen LogP) is -0.642. The van der Waals surface area contributed by atoms with Crippen molar-refractivity contribution in [3.05, 3.63) is 0 Å². The number of hydrogen-bond donors (Lipinski definition) is 4. The summed E-state index contributed by atoms with van der Waals surface area (Å²) in [5.41, 5.74) is 12.4. The summed E-state index contributed by atoms with van der Waals surface area (Å²) in [5, 5.41) is 2.65. The highest BCUT2D eigenvalue weighted by atomic mass is 32.1. The fourth-order valence-electron chi connectivity index (χ4n) is 2.67. The van der Waals surface area contributed by atoms with Gasteiger partial charge in [-0.2, -0.15) is 11.0 Å². The number of fused-ring (bicyclic) bond motifs is 1. The minimum Gasteiger partial charge on any atom is -0.448 e. The van der Waals surface area contributed by atoms with Gasteiger partial charge in [-0.25, -0.2) is 10.4 Å². The van der Waals surface area contributed by atoms with Gasteiger partial charge in [0.25, 0.3) is 5.17 Å². The summed E-state index contributed by atoms with van der Waals surface area (Å²) in [7, 11) is 0. The quantitative estimate of drug-likeness (QED) is 0.481. The van der Waals surface area contributed by atoms with E-state index in [0.29, 0.717) is 17.3 Å². The van der Waals surface area contributed by atoms with Crippen LogP contribution in [-0.2, 0) is 4.74 Å². The Labute approximate surface area is 100.0 Å². The van der Waals surface area contributed by atoms with Crippen molar-refractivity contribution in [1.29, 1.82) is 0 Å². The third-order valence-electron chi connectivity index (χ3n) is 3.47. The molecule has 6 nitrogen and oxygen atoms in total. The SMILES string of the molecule is S=C1NNC(CN2NNC3CCCCC32)O1. The van der Waals surface area contributed by atoms with Gasteiger partial charge < -0.3 is 4.74 Å². The molecule has 3 unspecified atom stereocenters. The average molecular weight is 243 g/mol. The maximum Gasteiger partial charge on any atom is 0.273 e. The zero-order chi connectivity index (χ0) is 11.0. The van der Waals surface area contributed by atoms with Crippen LogP contribution >= 0.6 is 12.2 Å². The Hall–Kier alpha value is -0.470. The van der Waals surface area contributed by atoms with Crippen molar-refractivity contribution in [3.63, 3.8) is 0 Å². The Kier molecular flexibility index (Phi) is 2.95. The molecule has 0 aromatic carbocycles. The van der Waals surface area contributed by atoms with Gasteiger partial charge in [0.1, 0.15) is 0 Å². The predicted molar refractivity (Wildman–Crippen MR) is 62.8 cm³/mol. The second kappa shape index (κ2) is 4.42. The summed E-state index contributed by atoms with van der Waals surface area (Å²) in [6.45, 7) is 0.779. The second-order valence-corrected chi connectivity index (χ2v) is 4.90. The Morgan fingerprint density at radius 1 is 1.31 bits per heavy atom. The first-order chi connectivity index (χ1) is 7.83. The van der Waals surface area contributed by atoms with Gasteiger partial charge in [-0.3, -0.25) is 5.43 Å². The summed E-state index contributed by atoms with van der Waals surface area (Å²) < 4.78 is 5.40. The van der Waals surface area contributed by atoms with Crippen molar-refractivity contribution in [3.8, 4) is 0 Å². The van der Waals surface area contributed by atoms with Crippen LogP contribution in [0.3, 0.4) is 0 Å². The van der Waals surface area contributed by atoms with Gasteiger partial charge in [0.2, 0.25) is 0 Å². The van der Waals surface area contributed by atoms with Crippen molar-refractivity contribution in [2.24, 2.45) is 0 Å². The van der Waals surface area contributed by atoms with Crippen LogP contribution in [0.5, 0.6) is 0 Å². The largest absolute Gasteiger partial charge is 0.448 e. The highest BCUT2D eigenvalue weighted by Crippen LogP contribution is 2.25. The van der Waals surface area contributed by atoms with Gasteiger partial charge in [-0.05, 0) is 25.1 Å². The van der Waals surface area contributed by atoms with E-state index in [1.165, 1.54) is 25.7 Å². The van der Waals surface area contributed by atoms with E-state index in [9.17, 15) is 0 Å². The molecule has 4 N–H and O–H groups in total. The molecule has 0 amide bonds. The third kappa shape index (κ3) is 2.01. The molecule has 0 bridgehead atoms. The molecular weight excluding hydrogens is 226 g/mol. The van der Waals surface area contributed by atoms with Crippen LogP contribution in [0.15, 0.2) is 0 Å². The van der Waals surface area contributed by atoms with E-state index in [4.69, 9.17) is 17.0 Å². The van der Waals surface area contributed by atoms with E-state index in [1.807, 2.05) is 0 Å². The Bertz CT molecular complexity index is 289. The minimum atomic E-state index is -0.0672. The van der Waals surface area contributed by atoms with E-state index in [0.717, 1.165) is 6.54 Å². The number of hydrazine groups is 3. The van der Waals surface area contributed by atoms with E-state index in [2.05, 4.69) is 26.8 Å². The Balaban J connectivity index is 1.57. The van der Waals surface area contributed by atoms with Crippen LogP contribution in [-0.4, -0.2) is 35.0 Å². The second-order valence-electron chi connectivity index (χ2n) is 4.53. The molecule has 0 aromatic heterocycles. The molecule has 7 heteroatoms. The summed E-state index contributed by atoms with van der Waals surface area (Å²) >= 11 is 4.90. The average Bonchev–Trinajstić information content (AvgIpc) is 2.87. The summed E-state index contributed by atoms with van der Waals surface area (Å²) in [5.74, 6) is 0. The number of rotatable bonds is 2. The first-order valence-corrected chi connectivity index (χ1v) is 6.24. The summed E-state index contributed by atoms with van der Waals surface area (Å²) in [4.78, 5) is 0. The molecular formula is C9H17N5OS. The lowest BCUT2D eigenvalue weighted by Gasteiger charge is -2.29. The molecule has 16 heavy (non-hydrogen) atoms. The van der Waals surface area contributed by atoms with Crippen molar-refractivity contribution in [1.82, 2.24) is 26.8 Å². The monoisotopic (exact) mass is 243 g/mol. The van der Waals surface area contributed by atoms with Crippen molar-refractivity contribution >= 4 is 17.4 Å². The maximum atomic E-state index is 5.40. The molecule has 3 aliphatic rings. The van der Waals surface area contributed by atoms with Crippen LogP contribution in [0.2, 0.25) is 0 Å². The van der Waals surface area contributed by atoms with Gasteiger partial charge in [-0.15, -0.1) is 0 Å². The molecule has 2 heterocycles. The van der Waals surface area contributed by atoms with Gasteiger partial charge in [0.05, 0.1) is 6.54 Å². The Morgan fingerprint density at radius 2 is 2.19 bits per heavy atom. The molecule has 1 saturated carbocycles. The molecule has 3 rings (SSSR count). The van der Waals surface area contributed by atoms with Crippen molar-refractivity contribution in [2.75, 3.05) is 6.54 Å². The normalized spacial score (nSPS) is 39.2. The lowest BCUT2D eigenvalue weighted by molar-refractivity contribution is 0.0760. The zero-order valence-corrected chi connectivity index (χ0v) is 9.85. The molecule has 2 aliphatic heterocycles. The third-order valence-corrected chi connectivity index (χ3v) is 3.67. The lowest BCUT2D eigenvalue weighted by atomic mass is 9.91. The standard InChI is InChI=1S/C9H17N5OS/c16-9-12-11-8(15-9)5-14-7-4-2-1-3-6(7)10-13-14/h6-8,10-11,13H,1-5H2,(H,12,16). The fourth-order valence-corrected chi connectivity index (χ4v) is 2.85. The molecule has 0 aromatic rings. The van der Waals surface area contributed by atoms with Crippen LogP contribution in [0.25, 0.3) is 0 Å². The van der Waals surface area contributed by atoms with Crippen molar-refractivity contribution in [2.45, 2.75) is 44.0 Å². The smallest absolute Gasteiger partial charge is 0.273 e. The topological polar surface area (TPSA) is 60.6 Å². The highest BCUT2D eigenvalue weighted by molar-refractivity contribution is 7.80.